The lowest BCUT2D eigenvalue weighted by atomic mass is 10.1. The predicted octanol–water partition coefficient (Wildman–Crippen LogP) is 3.32. The number of nitrogens with zero attached hydrogens (tertiary/aromatic N) is 1. The number of hydrogen-bond acceptors (Lipinski definition) is 3. The van der Waals surface area contributed by atoms with E-state index in [1.807, 2.05) is 6.07 Å². The number of hydrogen-bond donors (Lipinski definition) is 2. The van der Waals surface area contributed by atoms with Crippen molar-refractivity contribution in [3.05, 3.63) is 52.0 Å². The van der Waals surface area contributed by atoms with Crippen molar-refractivity contribution in [1.29, 1.82) is 0 Å². The molecule has 0 heterocycles. The number of benzene rings is 2. The average Bonchev–Trinajstić information content (AvgIpc) is 2.37. The first kappa shape index (κ1) is 14.4. The molecule has 0 bridgehead atoms. The highest BCUT2D eigenvalue weighted by Crippen LogP contribution is 2.27. The van der Waals surface area contributed by atoms with E-state index in [2.05, 4.69) is 15.9 Å². The number of phenols is 1. The fraction of sp³-hybridized carbons (Fsp3) is 0.133. The van der Waals surface area contributed by atoms with Gasteiger partial charge < -0.3 is 15.7 Å². The summed E-state index contributed by atoms with van der Waals surface area (Å²) in [5, 5.41) is 9.40. The molecular formula is C15H15BrN2O2. The van der Waals surface area contributed by atoms with E-state index in [1.165, 1.54) is 11.0 Å². The molecule has 2 aromatic carbocycles. The number of halogens is 1. The monoisotopic (exact) mass is 334 g/mol. The topological polar surface area (TPSA) is 66.6 Å². The molecule has 0 spiro atoms. The molecule has 0 aliphatic rings. The highest BCUT2D eigenvalue weighted by atomic mass is 79.9. The molecule has 0 saturated heterocycles. The summed E-state index contributed by atoms with van der Waals surface area (Å²) in [7, 11) is 1.67. The second-order valence-corrected chi connectivity index (χ2v) is 5.48. The quantitative estimate of drug-likeness (QED) is 0.828. The molecule has 0 aliphatic heterocycles. The number of nitrogen functional groups attached to an aromatic ring is 1. The van der Waals surface area contributed by atoms with E-state index >= 15 is 0 Å². The predicted molar refractivity (Wildman–Crippen MR) is 84.1 cm³/mol. The number of amides is 1. The number of carbonyl (C=O) groups is 1. The maximum Gasteiger partial charge on any atom is 0.258 e. The summed E-state index contributed by atoms with van der Waals surface area (Å²) in [4.78, 5) is 14.0. The third-order valence-electron chi connectivity index (χ3n) is 3.10. The molecule has 104 valence electrons. The number of aryl methyl sites for hydroxylation is 1. The van der Waals surface area contributed by atoms with Gasteiger partial charge in [-0.3, -0.25) is 4.79 Å². The number of phenolic OH excluding ortho intramolecular Hbond substituents is 1. The molecule has 5 heteroatoms. The van der Waals surface area contributed by atoms with Crippen LogP contribution in [-0.2, 0) is 0 Å². The highest BCUT2D eigenvalue weighted by Gasteiger charge is 2.17. The molecule has 0 atom stereocenters. The maximum atomic E-state index is 12.5. The minimum absolute atomic E-state index is 0.143. The largest absolute Gasteiger partial charge is 0.508 e. The van der Waals surface area contributed by atoms with Crippen LogP contribution >= 0.6 is 15.9 Å². The Bertz CT molecular complexity index is 671. The van der Waals surface area contributed by atoms with Crippen LogP contribution in [0.1, 0.15) is 15.9 Å². The Kier molecular flexibility index (Phi) is 3.99. The van der Waals surface area contributed by atoms with Crippen LogP contribution in [0.5, 0.6) is 5.75 Å². The fourth-order valence-corrected chi connectivity index (χ4v) is 2.39. The van der Waals surface area contributed by atoms with Crippen LogP contribution in [0, 0.1) is 6.92 Å². The summed E-state index contributed by atoms with van der Waals surface area (Å²) >= 11 is 3.34. The molecule has 1 amide bonds. The van der Waals surface area contributed by atoms with E-state index in [0.717, 1.165) is 10.0 Å². The molecule has 0 radical (unpaired) electrons. The van der Waals surface area contributed by atoms with Crippen LogP contribution in [0.4, 0.5) is 11.4 Å². The Balaban J connectivity index is 2.37. The molecule has 0 aliphatic carbocycles. The SMILES string of the molecule is Cc1cc(O)ccc1C(=O)N(C)c1ccc(Br)cc1N. The summed E-state index contributed by atoms with van der Waals surface area (Å²) < 4.78 is 0.861. The Hall–Kier alpha value is -2.01. The minimum Gasteiger partial charge on any atom is -0.508 e. The van der Waals surface area contributed by atoms with Crippen molar-refractivity contribution in [3.63, 3.8) is 0 Å². The molecule has 0 aromatic heterocycles. The van der Waals surface area contributed by atoms with Crippen molar-refractivity contribution in [3.8, 4) is 5.75 Å². The van der Waals surface area contributed by atoms with E-state index in [4.69, 9.17) is 5.73 Å². The van der Waals surface area contributed by atoms with Gasteiger partial charge in [0.15, 0.2) is 0 Å². The Labute approximate surface area is 126 Å². The Morgan fingerprint density at radius 2 is 1.95 bits per heavy atom. The van der Waals surface area contributed by atoms with Gasteiger partial charge in [-0.2, -0.15) is 0 Å². The van der Waals surface area contributed by atoms with Gasteiger partial charge in [0.2, 0.25) is 0 Å². The number of carbonyl (C=O) groups excluding carboxylic acids is 1. The van der Waals surface area contributed by atoms with Crippen LogP contribution in [0.2, 0.25) is 0 Å². The lowest BCUT2D eigenvalue weighted by Gasteiger charge is -2.20. The molecule has 20 heavy (non-hydrogen) atoms. The zero-order valence-electron chi connectivity index (χ0n) is 11.2. The van der Waals surface area contributed by atoms with Gasteiger partial charge >= 0.3 is 0 Å². The molecule has 2 rings (SSSR count). The number of rotatable bonds is 2. The lowest BCUT2D eigenvalue weighted by molar-refractivity contribution is 0.0992. The van der Waals surface area contributed by atoms with Crippen LogP contribution in [-0.4, -0.2) is 18.1 Å². The molecule has 0 saturated carbocycles. The summed E-state index contributed by atoms with van der Waals surface area (Å²) in [5.41, 5.74) is 8.36. The first-order valence-corrected chi connectivity index (χ1v) is 6.82. The first-order chi connectivity index (χ1) is 9.40. The average molecular weight is 335 g/mol. The van der Waals surface area contributed by atoms with E-state index in [1.54, 1.807) is 38.2 Å². The lowest BCUT2D eigenvalue weighted by Crippen LogP contribution is -2.27. The molecular weight excluding hydrogens is 320 g/mol. The zero-order valence-corrected chi connectivity index (χ0v) is 12.8. The minimum atomic E-state index is -0.170. The fourth-order valence-electron chi connectivity index (χ4n) is 2.01. The summed E-state index contributed by atoms with van der Waals surface area (Å²) in [6.45, 7) is 1.78. The van der Waals surface area contributed by atoms with Gasteiger partial charge in [0.1, 0.15) is 5.75 Å². The number of anilines is 2. The van der Waals surface area contributed by atoms with Gasteiger partial charge in [-0.25, -0.2) is 0 Å². The van der Waals surface area contributed by atoms with E-state index in [0.29, 0.717) is 16.9 Å². The van der Waals surface area contributed by atoms with Crippen molar-refractivity contribution in [2.24, 2.45) is 0 Å². The van der Waals surface area contributed by atoms with Gasteiger partial charge in [-0.15, -0.1) is 0 Å². The summed E-state index contributed by atoms with van der Waals surface area (Å²) in [5.74, 6) is -0.0265. The highest BCUT2D eigenvalue weighted by molar-refractivity contribution is 9.10. The van der Waals surface area contributed by atoms with Crippen LogP contribution in [0.25, 0.3) is 0 Å². The Morgan fingerprint density at radius 1 is 1.25 bits per heavy atom. The van der Waals surface area contributed by atoms with Crippen molar-refractivity contribution in [2.75, 3.05) is 17.7 Å². The summed E-state index contributed by atoms with van der Waals surface area (Å²) in [6, 6.07) is 10.0. The van der Waals surface area contributed by atoms with Crippen LogP contribution in [0.15, 0.2) is 40.9 Å². The van der Waals surface area contributed by atoms with E-state index < -0.39 is 0 Å². The second-order valence-electron chi connectivity index (χ2n) is 4.57. The standard InChI is InChI=1S/C15H15BrN2O2/c1-9-7-11(19)4-5-12(9)15(20)18(2)14-6-3-10(16)8-13(14)17/h3-8,19H,17H2,1-2H3. The second kappa shape index (κ2) is 5.54. The normalized spacial score (nSPS) is 10.3. The van der Waals surface area contributed by atoms with Crippen LogP contribution < -0.4 is 10.6 Å². The van der Waals surface area contributed by atoms with Crippen molar-refractivity contribution in [2.45, 2.75) is 6.92 Å². The molecule has 4 nitrogen and oxygen atoms in total. The van der Waals surface area contributed by atoms with Gasteiger partial charge in [-0.1, -0.05) is 15.9 Å². The Morgan fingerprint density at radius 3 is 2.55 bits per heavy atom. The van der Waals surface area contributed by atoms with Crippen molar-refractivity contribution >= 4 is 33.2 Å². The molecule has 0 unspecified atom stereocenters. The number of aromatic hydroxyl groups is 1. The number of nitrogens with two attached hydrogens (primary N) is 1. The third-order valence-corrected chi connectivity index (χ3v) is 3.59. The molecule has 2 aromatic rings. The van der Waals surface area contributed by atoms with Gasteiger partial charge in [0.25, 0.3) is 5.91 Å². The van der Waals surface area contributed by atoms with E-state index in [-0.39, 0.29) is 11.7 Å². The van der Waals surface area contributed by atoms with Crippen molar-refractivity contribution in [1.82, 2.24) is 0 Å². The van der Waals surface area contributed by atoms with Crippen molar-refractivity contribution < 1.29 is 9.90 Å². The maximum absolute atomic E-state index is 12.5. The molecule has 0 fully saturated rings. The summed E-state index contributed by atoms with van der Waals surface area (Å²) in [6.07, 6.45) is 0. The third kappa shape index (κ3) is 2.77. The van der Waals surface area contributed by atoms with Gasteiger partial charge in [0.05, 0.1) is 11.4 Å². The zero-order chi connectivity index (χ0) is 14.9. The molecule has 3 N–H and O–H groups in total. The van der Waals surface area contributed by atoms with Crippen LogP contribution in [0.3, 0.4) is 0 Å². The first-order valence-electron chi connectivity index (χ1n) is 6.03. The van der Waals surface area contributed by atoms with Gasteiger partial charge in [0, 0.05) is 17.1 Å². The van der Waals surface area contributed by atoms with Gasteiger partial charge in [-0.05, 0) is 48.9 Å². The smallest absolute Gasteiger partial charge is 0.258 e. The van der Waals surface area contributed by atoms with E-state index in [9.17, 15) is 9.90 Å².